The first-order valence-electron chi connectivity index (χ1n) is 27.4. The summed E-state index contributed by atoms with van der Waals surface area (Å²) < 4.78 is 12.7. The lowest BCUT2D eigenvalue weighted by molar-refractivity contribution is 0.192. The maximum atomic E-state index is 6.35. The van der Waals surface area contributed by atoms with Gasteiger partial charge in [0, 0.05) is 17.0 Å². The second-order valence-electron chi connectivity index (χ2n) is 15.5. The van der Waals surface area contributed by atoms with E-state index in [9.17, 15) is 0 Å². The van der Waals surface area contributed by atoms with Crippen molar-refractivity contribution in [2.24, 2.45) is 5.92 Å². The van der Waals surface area contributed by atoms with Crippen LogP contribution in [0.1, 0.15) is 254 Å². The molecule has 0 N–H and O–H groups in total. The molecule has 4 aromatic rings. The van der Waals surface area contributed by atoms with Gasteiger partial charge >= 0.3 is 0 Å². The zero-order valence-electron chi connectivity index (χ0n) is 45.7. The zero-order valence-corrected chi connectivity index (χ0v) is 45.7. The van der Waals surface area contributed by atoms with Crippen molar-refractivity contribution in [3.63, 3.8) is 0 Å². The summed E-state index contributed by atoms with van der Waals surface area (Å²) in [5, 5.41) is 0. The van der Waals surface area contributed by atoms with Gasteiger partial charge in [-0.3, -0.25) is 0 Å². The number of ether oxygens (including phenoxy) is 2. The molecule has 0 saturated heterocycles. The van der Waals surface area contributed by atoms with Gasteiger partial charge in [-0.15, -0.1) is 0 Å². The Hall–Kier alpha value is -3.52. The molecule has 0 bridgehead atoms. The quantitative estimate of drug-likeness (QED) is 0.189. The van der Waals surface area contributed by atoms with Crippen LogP contribution < -0.4 is 9.47 Å². The van der Waals surface area contributed by atoms with Crippen LogP contribution in [0.2, 0.25) is 0 Å². The van der Waals surface area contributed by atoms with Gasteiger partial charge in [-0.05, 0) is 195 Å². The van der Waals surface area contributed by atoms with Gasteiger partial charge in [0.25, 0.3) is 0 Å². The summed E-state index contributed by atoms with van der Waals surface area (Å²) in [7, 11) is 0. The minimum Gasteiger partial charge on any atom is -0.493 e. The third kappa shape index (κ3) is 19.3. The van der Waals surface area contributed by atoms with Crippen LogP contribution in [0.3, 0.4) is 0 Å². The first-order chi connectivity index (χ1) is 31.6. The van der Waals surface area contributed by atoms with E-state index in [0.29, 0.717) is 5.92 Å². The predicted octanol–water partition coefficient (Wildman–Crippen LogP) is 22.0. The molecule has 0 atom stereocenters. The van der Waals surface area contributed by atoms with Crippen molar-refractivity contribution in [2.45, 2.75) is 264 Å². The Morgan fingerprint density at radius 1 is 0.309 bits per heavy atom. The molecule has 0 amide bonds. The highest BCUT2D eigenvalue weighted by Crippen LogP contribution is 2.47. The molecule has 9 rings (SSSR count). The van der Waals surface area contributed by atoms with E-state index in [1.807, 2.05) is 111 Å². The van der Waals surface area contributed by atoms with Crippen molar-refractivity contribution in [1.82, 2.24) is 0 Å². The van der Waals surface area contributed by atoms with E-state index in [0.717, 1.165) is 24.7 Å². The summed E-state index contributed by atoms with van der Waals surface area (Å²) in [5.74, 6) is 2.53. The van der Waals surface area contributed by atoms with Crippen LogP contribution in [0, 0.1) is 19.8 Å². The van der Waals surface area contributed by atoms with Gasteiger partial charge < -0.3 is 9.47 Å². The molecule has 0 aromatic heterocycles. The van der Waals surface area contributed by atoms with Gasteiger partial charge in [0.05, 0.1) is 13.2 Å². The van der Waals surface area contributed by atoms with Crippen LogP contribution in [0.5, 0.6) is 11.5 Å². The number of benzene rings is 4. The molecule has 68 heavy (non-hydrogen) atoms. The predicted molar refractivity (Wildman–Crippen MR) is 318 cm³/mol. The molecule has 1 aliphatic heterocycles. The highest BCUT2D eigenvalue weighted by Gasteiger charge is 2.28. The van der Waals surface area contributed by atoms with Crippen molar-refractivity contribution in [1.29, 1.82) is 0 Å². The third-order valence-electron chi connectivity index (χ3n) is 12.0. The van der Waals surface area contributed by atoms with E-state index < -0.39 is 0 Å². The van der Waals surface area contributed by atoms with E-state index in [-0.39, 0.29) is 29.7 Å². The average molecular weight is 944 g/mol. The molecule has 2 heteroatoms. The summed E-state index contributed by atoms with van der Waals surface area (Å²) in [5.41, 5.74) is 21.5. The smallest absolute Gasteiger partial charge is 0.127 e. The minimum absolute atomic E-state index is 0. The van der Waals surface area contributed by atoms with Gasteiger partial charge in [0.1, 0.15) is 11.5 Å². The van der Waals surface area contributed by atoms with E-state index in [2.05, 4.69) is 69.3 Å². The van der Waals surface area contributed by atoms with Crippen LogP contribution in [-0.2, 0) is 51.4 Å². The summed E-state index contributed by atoms with van der Waals surface area (Å²) in [6, 6.07) is 18.6. The number of rotatable bonds is 1. The highest BCUT2D eigenvalue weighted by atomic mass is 16.5. The summed E-state index contributed by atoms with van der Waals surface area (Å²) in [4.78, 5) is 0. The van der Waals surface area contributed by atoms with Crippen molar-refractivity contribution < 1.29 is 9.47 Å². The normalized spacial score (nSPS) is 13.6. The number of hydrogen-bond donors (Lipinski definition) is 0. The van der Waals surface area contributed by atoms with Crippen molar-refractivity contribution in [3.05, 3.63) is 104 Å². The summed E-state index contributed by atoms with van der Waals surface area (Å²) in [6.07, 6.45) is 20.4. The molecule has 2 nitrogen and oxygen atoms in total. The summed E-state index contributed by atoms with van der Waals surface area (Å²) >= 11 is 0. The second-order valence-corrected chi connectivity index (χ2v) is 15.5. The van der Waals surface area contributed by atoms with E-state index in [1.54, 1.807) is 33.4 Å². The van der Waals surface area contributed by atoms with Gasteiger partial charge in [0.15, 0.2) is 0 Å². The minimum atomic E-state index is 0. The lowest BCUT2D eigenvalue weighted by Gasteiger charge is -2.27. The van der Waals surface area contributed by atoms with E-state index >= 15 is 0 Å². The number of hydrogen-bond acceptors (Lipinski definition) is 2. The molecule has 5 aliphatic rings. The van der Waals surface area contributed by atoms with Gasteiger partial charge in [-0.1, -0.05) is 184 Å². The molecular weight excluding hydrogens is 825 g/mol. The first kappa shape index (κ1) is 73.4. The maximum Gasteiger partial charge on any atom is 0.127 e. The molecule has 1 heterocycles. The van der Waals surface area contributed by atoms with Gasteiger partial charge in [-0.25, -0.2) is 0 Å². The van der Waals surface area contributed by atoms with Crippen LogP contribution in [0.4, 0.5) is 0 Å². The fourth-order valence-electron chi connectivity index (χ4n) is 9.50. The Bertz CT molecular complexity index is 1700. The molecule has 4 aliphatic carbocycles. The fraction of sp³-hybridized carbons (Fsp3) is 0.636. The lowest BCUT2D eigenvalue weighted by Crippen LogP contribution is -2.16. The average Bonchev–Trinajstić information content (AvgIpc) is 3.47. The topological polar surface area (TPSA) is 18.5 Å². The SMILES string of the molecule is C.C.C.C.CC.CC.CC.CC.CC.CC.CC.CC.CC1COc2ccc3c(c2-c2c(ccc4c2CCCC4)OC1)CCCC3.Cc1ccc2c(c1-c1c(C)ccc3c1CCCC3)CCCC2. The zero-order chi connectivity index (χ0) is 48.6. The largest absolute Gasteiger partial charge is 0.493 e. The molecule has 4 aromatic carbocycles. The Morgan fingerprint density at radius 3 is 0.794 bits per heavy atom. The molecule has 0 spiro atoms. The molecule has 394 valence electrons. The molecular formula is C66H118O2. The molecule has 0 radical (unpaired) electrons. The van der Waals surface area contributed by atoms with Gasteiger partial charge in [-0.2, -0.15) is 0 Å². The Balaban J connectivity index is -0.000000290. The van der Waals surface area contributed by atoms with E-state index in [4.69, 9.17) is 9.47 Å². The van der Waals surface area contributed by atoms with Crippen LogP contribution in [0.25, 0.3) is 22.3 Å². The number of aryl methyl sites for hydroxylation is 6. The first-order valence-corrected chi connectivity index (χ1v) is 27.4. The highest BCUT2D eigenvalue weighted by molar-refractivity contribution is 5.84. The van der Waals surface area contributed by atoms with Crippen molar-refractivity contribution in [2.75, 3.05) is 13.2 Å². The van der Waals surface area contributed by atoms with Crippen LogP contribution >= 0.6 is 0 Å². The third-order valence-corrected chi connectivity index (χ3v) is 12.0. The van der Waals surface area contributed by atoms with Crippen molar-refractivity contribution in [3.8, 4) is 33.8 Å². The maximum absolute atomic E-state index is 6.35. The lowest BCUT2D eigenvalue weighted by atomic mass is 9.78. The van der Waals surface area contributed by atoms with E-state index in [1.165, 1.54) is 147 Å². The Labute approximate surface area is 428 Å². The molecule has 0 fully saturated rings. The van der Waals surface area contributed by atoms with Crippen LogP contribution in [-0.4, -0.2) is 13.2 Å². The monoisotopic (exact) mass is 943 g/mol. The standard InChI is InChI=1S/C24H28O2.C22H26.8C2H6.4CH4/c1-16-14-25-21-12-10-17-6-2-4-8-19(17)23(21)24-20-9-5-3-7-18(20)11-13-22(24)26-15-16;1-15-11-13-17-7-3-5-9-19(17)21(15)22-16(2)12-14-18-8-4-6-10-20(18)22;8*1-2;;;;/h10-13,16H,2-9,14-15H2,1H3;11-14H,3-10H2,1-2H3;8*1-2H3;4*1H4. The molecule has 0 saturated carbocycles. The number of fused-ring (bicyclic) bond motifs is 9. The summed E-state index contributed by atoms with van der Waals surface area (Å²) in [6.45, 7) is 40.3. The van der Waals surface area contributed by atoms with Crippen LogP contribution in [0.15, 0.2) is 48.5 Å². The van der Waals surface area contributed by atoms with Crippen molar-refractivity contribution >= 4 is 0 Å². The second kappa shape index (κ2) is 43.5. The van der Waals surface area contributed by atoms with Gasteiger partial charge in [0.2, 0.25) is 0 Å². The Kier molecular flexibility index (Phi) is 47.0. The fourth-order valence-corrected chi connectivity index (χ4v) is 9.50. The Morgan fingerprint density at radius 2 is 0.529 bits per heavy atom. The molecule has 0 unspecified atom stereocenters.